The summed E-state index contributed by atoms with van der Waals surface area (Å²) < 4.78 is 18.0. The molecular formula is C29H43N3O7. The fourth-order valence-corrected chi connectivity index (χ4v) is 7.05. The Bertz CT molecular complexity index is 1010. The third-order valence-electron chi connectivity index (χ3n) is 9.13. The molecule has 10 nitrogen and oxygen atoms in total. The second-order valence-electron chi connectivity index (χ2n) is 11.9. The van der Waals surface area contributed by atoms with E-state index in [1.807, 2.05) is 45.1 Å². The van der Waals surface area contributed by atoms with Gasteiger partial charge in [-0.15, -0.1) is 0 Å². The van der Waals surface area contributed by atoms with Crippen molar-refractivity contribution in [2.45, 2.75) is 63.3 Å². The summed E-state index contributed by atoms with van der Waals surface area (Å²) in [5.41, 5.74) is -2.46. The molecule has 0 radical (unpaired) electrons. The van der Waals surface area contributed by atoms with E-state index < -0.39 is 41.1 Å². The summed E-state index contributed by atoms with van der Waals surface area (Å²) >= 11 is 0. The maximum absolute atomic E-state index is 14.4. The van der Waals surface area contributed by atoms with Gasteiger partial charge in [-0.1, -0.05) is 38.2 Å². The summed E-state index contributed by atoms with van der Waals surface area (Å²) in [5, 5.41) is 10.4. The summed E-state index contributed by atoms with van der Waals surface area (Å²) in [4.78, 5) is 48.0. The zero-order chi connectivity index (χ0) is 27.8. The Labute approximate surface area is 230 Å². The molecule has 6 atom stereocenters. The third kappa shape index (κ3) is 4.94. The molecule has 5 heterocycles. The van der Waals surface area contributed by atoms with Crippen LogP contribution in [0.3, 0.4) is 0 Å². The van der Waals surface area contributed by atoms with Crippen LogP contribution in [-0.4, -0.2) is 120 Å². The van der Waals surface area contributed by atoms with Crippen molar-refractivity contribution >= 4 is 17.8 Å². The summed E-state index contributed by atoms with van der Waals surface area (Å²) in [6, 6.07) is -1.59. The monoisotopic (exact) mass is 545 g/mol. The van der Waals surface area contributed by atoms with Crippen LogP contribution in [0.2, 0.25) is 0 Å². The number of hydrogen-bond donors (Lipinski definition) is 1. The Morgan fingerprint density at radius 2 is 1.77 bits per heavy atom. The molecule has 1 spiro atoms. The van der Waals surface area contributed by atoms with Crippen LogP contribution in [0.4, 0.5) is 0 Å². The maximum atomic E-state index is 14.4. The van der Waals surface area contributed by atoms with Crippen molar-refractivity contribution in [2.24, 2.45) is 17.8 Å². The molecule has 39 heavy (non-hydrogen) atoms. The van der Waals surface area contributed by atoms with Gasteiger partial charge in [-0.3, -0.25) is 19.3 Å². The Morgan fingerprint density at radius 1 is 1.00 bits per heavy atom. The zero-order valence-corrected chi connectivity index (χ0v) is 23.4. The topological polar surface area (TPSA) is 109 Å². The average Bonchev–Trinajstić information content (AvgIpc) is 3.24. The fourth-order valence-electron chi connectivity index (χ4n) is 7.05. The lowest BCUT2D eigenvalue weighted by molar-refractivity contribution is -0.162. The molecule has 0 aromatic rings. The standard InChI is InChI=1S/C29H43N3O7/c1-20(2)21(19-33)32-24-26(35)31(13-12-30-14-17-37-18-15-30)11-8-10-29(24)22(25(32)34)23-27(36)38-16-7-5-4-6-9-28(23,3)39-29/h6,8-10,20-24,33H,4-5,7,11-19H2,1-3H3/b9-6-/t21-,22-,23-,24?,28+,29-/m0/s1. The molecular weight excluding hydrogens is 502 g/mol. The Hall–Kier alpha value is -2.27. The number of rotatable bonds is 6. The van der Waals surface area contributed by atoms with Crippen molar-refractivity contribution in [2.75, 3.05) is 59.2 Å². The summed E-state index contributed by atoms with van der Waals surface area (Å²) in [5.74, 6) is -2.98. The summed E-state index contributed by atoms with van der Waals surface area (Å²) in [6.07, 6.45) is 10.1. The van der Waals surface area contributed by atoms with Crippen molar-refractivity contribution in [3.05, 3.63) is 24.3 Å². The zero-order valence-electron chi connectivity index (χ0n) is 23.4. The maximum Gasteiger partial charge on any atom is 0.313 e. The van der Waals surface area contributed by atoms with Crippen LogP contribution in [0, 0.1) is 17.8 Å². The number of morpholine rings is 1. The number of hydrogen-bond acceptors (Lipinski definition) is 8. The highest BCUT2D eigenvalue weighted by Gasteiger charge is 2.75. The molecule has 10 heteroatoms. The van der Waals surface area contributed by atoms with Gasteiger partial charge in [0.1, 0.15) is 17.6 Å². The second kappa shape index (κ2) is 11.3. The lowest BCUT2D eigenvalue weighted by Gasteiger charge is -2.41. The first-order valence-electron chi connectivity index (χ1n) is 14.5. The first-order valence-corrected chi connectivity index (χ1v) is 14.5. The minimum absolute atomic E-state index is 0.112. The molecule has 0 aromatic carbocycles. The number of carbonyl (C=O) groups is 3. The van der Waals surface area contributed by atoms with Gasteiger partial charge < -0.3 is 29.1 Å². The van der Waals surface area contributed by atoms with E-state index in [1.54, 1.807) is 4.90 Å². The van der Waals surface area contributed by atoms with Gasteiger partial charge in [0.05, 0.1) is 44.0 Å². The number of amides is 2. The van der Waals surface area contributed by atoms with Gasteiger partial charge in [0, 0.05) is 32.7 Å². The summed E-state index contributed by atoms with van der Waals surface area (Å²) in [6.45, 7) is 10.2. The molecule has 3 saturated heterocycles. The van der Waals surface area contributed by atoms with Crippen LogP contribution in [0.1, 0.15) is 40.0 Å². The van der Waals surface area contributed by atoms with Crippen molar-refractivity contribution in [3.8, 4) is 0 Å². The number of esters is 1. The average molecular weight is 546 g/mol. The van der Waals surface area contributed by atoms with Crippen molar-refractivity contribution < 1.29 is 33.7 Å². The molecule has 2 amide bonds. The fraction of sp³-hybridized carbons (Fsp3) is 0.759. The number of ether oxygens (including phenoxy) is 3. The van der Waals surface area contributed by atoms with Crippen molar-refractivity contribution in [3.63, 3.8) is 0 Å². The number of cyclic esters (lactones) is 1. The first-order chi connectivity index (χ1) is 18.7. The molecule has 1 N–H and O–H groups in total. The predicted molar refractivity (Wildman–Crippen MR) is 142 cm³/mol. The van der Waals surface area contributed by atoms with Gasteiger partial charge in [-0.2, -0.15) is 0 Å². The highest BCUT2D eigenvalue weighted by atomic mass is 16.6. The van der Waals surface area contributed by atoms with E-state index in [-0.39, 0.29) is 30.9 Å². The highest BCUT2D eigenvalue weighted by molar-refractivity contribution is 5.99. The molecule has 5 aliphatic rings. The molecule has 1 unspecified atom stereocenters. The van der Waals surface area contributed by atoms with Gasteiger partial charge in [0.25, 0.3) is 0 Å². The van der Waals surface area contributed by atoms with Gasteiger partial charge >= 0.3 is 5.97 Å². The molecule has 3 fully saturated rings. The summed E-state index contributed by atoms with van der Waals surface area (Å²) in [7, 11) is 0. The number of fused-ring (bicyclic) bond motifs is 2. The molecule has 216 valence electrons. The van der Waals surface area contributed by atoms with Crippen LogP contribution in [-0.2, 0) is 28.6 Å². The quantitative estimate of drug-likeness (QED) is 0.389. The number of aliphatic hydroxyl groups excluding tert-OH is 1. The predicted octanol–water partition coefficient (Wildman–Crippen LogP) is 0.988. The molecule has 5 rings (SSSR count). The van der Waals surface area contributed by atoms with Crippen LogP contribution < -0.4 is 0 Å². The van der Waals surface area contributed by atoms with Gasteiger partial charge in [-0.05, 0) is 32.1 Å². The third-order valence-corrected chi connectivity index (χ3v) is 9.13. The van der Waals surface area contributed by atoms with E-state index in [2.05, 4.69) is 4.90 Å². The van der Waals surface area contributed by atoms with Gasteiger partial charge in [-0.25, -0.2) is 0 Å². The van der Waals surface area contributed by atoms with Crippen molar-refractivity contribution in [1.82, 2.24) is 14.7 Å². The van der Waals surface area contributed by atoms with E-state index >= 15 is 0 Å². The lowest BCUT2D eigenvalue weighted by atomic mass is 9.74. The Morgan fingerprint density at radius 3 is 2.49 bits per heavy atom. The van der Waals surface area contributed by atoms with Crippen LogP contribution in [0.5, 0.6) is 0 Å². The molecule has 0 bridgehead atoms. The van der Waals surface area contributed by atoms with Crippen LogP contribution >= 0.6 is 0 Å². The highest BCUT2D eigenvalue weighted by Crippen LogP contribution is 2.57. The SMILES string of the molecule is CC(C)[C@H](CO)N1C(=O)[C@@H]2[C@H]3C(=O)OCCCC/C=C\[C@@]3(C)O[C@@]23C=CCN(CCN2CCOCC2)C(=O)C13. The number of carbonyl (C=O) groups excluding carboxylic acids is 3. The minimum atomic E-state index is -1.35. The molecule has 0 aromatic heterocycles. The first kappa shape index (κ1) is 28.3. The number of nitrogens with zero attached hydrogens (tertiary/aromatic N) is 3. The van der Waals surface area contributed by atoms with E-state index in [4.69, 9.17) is 14.2 Å². The van der Waals surface area contributed by atoms with E-state index in [0.29, 0.717) is 32.8 Å². The Kier molecular flexibility index (Phi) is 8.20. The second-order valence-corrected chi connectivity index (χ2v) is 11.9. The number of aliphatic hydroxyl groups is 1. The van der Waals surface area contributed by atoms with Gasteiger partial charge in [0.2, 0.25) is 11.8 Å². The Balaban J connectivity index is 1.55. The van der Waals surface area contributed by atoms with E-state index in [9.17, 15) is 19.5 Å². The number of likely N-dealkylation sites (tertiary alicyclic amines) is 1. The largest absolute Gasteiger partial charge is 0.465 e. The minimum Gasteiger partial charge on any atom is -0.465 e. The molecule has 0 aliphatic carbocycles. The lowest BCUT2D eigenvalue weighted by Crippen LogP contribution is -2.60. The van der Waals surface area contributed by atoms with Crippen LogP contribution in [0.25, 0.3) is 0 Å². The molecule has 0 saturated carbocycles. The van der Waals surface area contributed by atoms with E-state index in [1.165, 1.54) is 4.90 Å². The smallest absolute Gasteiger partial charge is 0.313 e. The molecule has 5 aliphatic heterocycles. The van der Waals surface area contributed by atoms with Gasteiger partial charge in [0.15, 0.2) is 0 Å². The number of allylic oxidation sites excluding steroid dienone is 1. The van der Waals surface area contributed by atoms with Crippen molar-refractivity contribution in [1.29, 1.82) is 0 Å². The van der Waals surface area contributed by atoms with Crippen LogP contribution in [0.15, 0.2) is 24.3 Å². The van der Waals surface area contributed by atoms with E-state index in [0.717, 1.165) is 32.4 Å². The normalized spacial score (nSPS) is 37.3.